The monoisotopic (exact) mass is 581 g/mol. The molecule has 1 aromatic carbocycles. The van der Waals surface area contributed by atoms with Crippen molar-refractivity contribution in [2.75, 3.05) is 37.7 Å². The number of benzene rings is 1. The van der Waals surface area contributed by atoms with Gasteiger partial charge in [-0.25, -0.2) is 0 Å². The number of aliphatic hydroxyl groups is 1. The van der Waals surface area contributed by atoms with E-state index in [0.717, 1.165) is 36.1 Å². The fourth-order valence-corrected chi connectivity index (χ4v) is 9.82. The predicted octanol–water partition coefficient (Wildman–Crippen LogP) is 4.75. The number of carbonyl (C=O) groups excluding carboxylic acids is 3. The maximum Gasteiger partial charge on any atom is 0.251 e. The third-order valence-corrected chi connectivity index (χ3v) is 11.3. The quantitative estimate of drug-likeness (QED) is 0.253. The van der Waals surface area contributed by atoms with E-state index in [-0.39, 0.29) is 35.5 Å². The third-order valence-electron chi connectivity index (χ3n) is 9.21. The van der Waals surface area contributed by atoms with Crippen LogP contribution in [0.1, 0.15) is 57.1 Å². The molecule has 224 valence electrons. The van der Waals surface area contributed by atoms with Gasteiger partial charge < -0.3 is 19.8 Å². The van der Waals surface area contributed by atoms with Crippen LogP contribution >= 0.6 is 11.8 Å². The van der Waals surface area contributed by atoms with E-state index in [1.54, 1.807) is 33.7 Å². The number of thioether (sulfide) groups is 1. The molecule has 4 rings (SSSR count). The van der Waals surface area contributed by atoms with Crippen LogP contribution in [-0.4, -0.2) is 81.5 Å². The molecule has 0 radical (unpaired) electrons. The Labute approximate surface area is 250 Å². The Bertz CT molecular complexity index is 1170. The second-order valence-electron chi connectivity index (χ2n) is 12.0. The summed E-state index contributed by atoms with van der Waals surface area (Å²) in [4.78, 5) is 48.8. The first-order valence-electron chi connectivity index (χ1n) is 15.2. The molecule has 0 aliphatic carbocycles. The van der Waals surface area contributed by atoms with Crippen LogP contribution in [0.2, 0.25) is 0 Å². The maximum absolute atomic E-state index is 14.9. The summed E-state index contributed by atoms with van der Waals surface area (Å²) in [7, 11) is 0. The van der Waals surface area contributed by atoms with Gasteiger partial charge in [-0.2, -0.15) is 0 Å². The molecule has 3 fully saturated rings. The first-order chi connectivity index (χ1) is 19.7. The molecule has 2 bridgehead atoms. The normalized spacial score (nSPS) is 28.1. The number of aryl methyl sites for hydroxylation is 2. The van der Waals surface area contributed by atoms with Crippen molar-refractivity contribution in [3.63, 3.8) is 0 Å². The van der Waals surface area contributed by atoms with Gasteiger partial charge in [-0.1, -0.05) is 38.1 Å². The van der Waals surface area contributed by atoms with Crippen LogP contribution in [0, 0.1) is 31.6 Å². The lowest BCUT2D eigenvalue weighted by molar-refractivity contribution is -0.144. The van der Waals surface area contributed by atoms with Gasteiger partial charge in [0, 0.05) is 43.7 Å². The first-order valence-corrected chi connectivity index (χ1v) is 16.0. The number of amides is 3. The molecule has 3 saturated heterocycles. The van der Waals surface area contributed by atoms with Gasteiger partial charge in [0.15, 0.2) is 0 Å². The topological polar surface area (TPSA) is 81.2 Å². The lowest BCUT2D eigenvalue weighted by Gasteiger charge is -2.41. The van der Waals surface area contributed by atoms with E-state index in [4.69, 9.17) is 0 Å². The molecule has 0 saturated carbocycles. The van der Waals surface area contributed by atoms with Crippen molar-refractivity contribution in [2.45, 2.75) is 75.8 Å². The molecule has 0 aromatic heterocycles. The van der Waals surface area contributed by atoms with Crippen molar-refractivity contribution in [1.82, 2.24) is 9.80 Å². The third kappa shape index (κ3) is 5.50. The second kappa shape index (κ2) is 13.2. The van der Waals surface area contributed by atoms with Gasteiger partial charge in [-0.15, -0.1) is 24.9 Å². The summed E-state index contributed by atoms with van der Waals surface area (Å²) in [6.07, 6.45) is 7.25. The number of rotatable bonds is 14. The van der Waals surface area contributed by atoms with Gasteiger partial charge in [0.05, 0.1) is 16.6 Å². The maximum atomic E-state index is 14.9. The van der Waals surface area contributed by atoms with Crippen molar-refractivity contribution in [2.24, 2.45) is 17.8 Å². The highest BCUT2D eigenvalue weighted by molar-refractivity contribution is 8.02. The Morgan fingerprint density at radius 2 is 1.88 bits per heavy atom. The zero-order chi connectivity index (χ0) is 29.9. The lowest BCUT2D eigenvalue weighted by Crippen LogP contribution is -2.57. The zero-order valence-corrected chi connectivity index (χ0v) is 26.0. The molecule has 1 spiro atoms. The summed E-state index contributed by atoms with van der Waals surface area (Å²) in [6.45, 7) is 18.0. The molecular weight excluding hydrogens is 534 g/mol. The number of anilines is 1. The van der Waals surface area contributed by atoms with Crippen LogP contribution in [0.15, 0.2) is 43.5 Å². The summed E-state index contributed by atoms with van der Waals surface area (Å²) < 4.78 is -0.667. The van der Waals surface area contributed by atoms with Gasteiger partial charge in [-0.05, 0) is 69.1 Å². The molecule has 3 heterocycles. The van der Waals surface area contributed by atoms with Crippen molar-refractivity contribution < 1.29 is 19.5 Å². The standard InChI is InChI=1S/C33H47N3O4S/c1-7-15-34(16-8-2)30(38)27-26-21-24(6)33(41-26)28(27)31(39)36(18-11-10-12-19-37)29(33)32(40)35(17-9-3)25-20-22(4)13-14-23(25)5/h7,9,13-14,20,24,26-29,37H,1,3,8,10-12,15-19,21H2,2,4-6H3/t24?,26-,27+,28-,29?,33?/m0/s1. The summed E-state index contributed by atoms with van der Waals surface area (Å²) in [5.41, 5.74) is 2.88. The Balaban J connectivity index is 1.80. The summed E-state index contributed by atoms with van der Waals surface area (Å²) >= 11 is 1.72. The van der Waals surface area contributed by atoms with Crippen LogP contribution < -0.4 is 4.90 Å². The zero-order valence-electron chi connectivity index (χ0n) is 25.2. The first kappa shape index (κ1) is 31.4. The number of carbonyl (C=O) groups is 3. The van der Waals surface area contributed by atoms with Gasteiger partial charge >= 0.3 is 0 Å². The fourth-order valence-electron chi connectivity index (χ4n) is 7.41. The van der Waals surface area contributed by atoms with Crippen LogP contribution in [0.5, 0.6) is 0 Å². The van der Waals surface area contributed by atoms with E-state index < -0.39 is 22.6 Å². The van der Waals surface area contributed by atoms with Crippen LogP contribution in [0.3, 0.4) is 0 Å². The molecular formula is C33H47N3O4S. The molecule has 3 unspecified atom stereocenters. The SMILES string of the molecule is C=CCN(CCC)C(=O)[C@@H]1[C@@H]2CC(C)C3(S2)C(C(=O)N(CC=C)c2cc(C)ccc2C)N(CCCCCO)C(=O)[C@H]13. The van der Waals surface area contributed by atoms with E-state index in [9.17, 15) is 19.5 Å². The van der Waals surface area contributed by atoms with Crippen LogP contribution in [0.4, 0.5) is 5.69 Å². The fraction of sp³-hybridized carbons (Fsp3) is 0.606. The van der Waals surface area contributed by atoms with Crippen molar-refractivity contribution in [3.8, 4) is 0 Å². The van der Waals surface area contributed by atoms with E-state index >= 15 is 0 Å². The largest absolute Gasteiger partial charge is 0.396 e. The molecule has 3 aliphatic heterocycles. The molecule has 7 nitrogen and oxygen atoms in total. The highest BCUT2D eigenvalue weighted by Crippen LogP contribution is 2.69. The lowest BCUT2D eigenvalue weighted by atomic mass is 9.65. The van der Waals surface area contributed by atoms with Gasteiger partial charge in [0.2, 0.25) is 11.8 Å². The van der Waals surface area contributed by atoms with E-state index in [1.165, 1.54) is 0 Å². The highest BCUT2D eigenvalue weighted by atomic mass is 32.2. The minimum absolute atomic E-state index is 0.0102. The average Bonchev–Trinajstić information content (AvgIpc) is 3.54. The number of hydrogen-bond donors (Lipinski definition) is 1. The molecule has 8 heteroatoms. The van der Waals surface area contributed by atoms with Gasteiger partial charge in [-0.3, -0.25) is 14.4 Å². The molecule has 3 aliphatic rings. The number of fused-ring (bicyclic) bond motifs is 1. The minimum atomic E-state index is -0.671. The summed E-state index contributed by atoms with van der Waals surface area (Å²) in [5.74, 6) is -1.02. The highest BCUT2D eigenvalue weighted by Gasteiger charge is 2.76. The number of aliphatic hydroxyl groups excluding tert-OH is 1. The number of nitrogens with zero attached hydrogens (tertiary/aromatic N) is 3. The molecule has 1 aromatic rings. The molecule has 3 amide bonds. The Morgan fingerprint density at radius 3 is 2.54 bits per heavy atom. The smallest absolute Gasteiger partial charge is 0.251 e. The van der Waals surface area contributed by atoms with E-state index in [0.29, 0.717) is 39.0 Å². The number of unbranched alkanes of at least 4 members (excludes halogenated alkanes) is 2. The van der Waals surface area contributed by atoms with Crippen LogP contribution in [-0.2, 0) is 14.4 Å². The number of hydrogen-bond acceptors (Lipinski definition) is 5. The molecule has 41 heavy (non-hydrogen) atoms. The Morgan fingerprint density at radius 1 is 1.15 bits per heavy atom. The molecule has 6 atom stereocenters. The number of likely N-dealkylation sites (tertiary alicyclic amines) is 1. The Kier molecular flexibility index (Phi) is 10.1. The summed E-state index contributed by atoms with van der Waals surface area (Å²) in [5, 5.41) is 9.35. The van der Waals surface area contributed by atoms with E-state index in [1.807, 2.05) is 43.9 Å². The molecule has 1 N–H and O–H groups in total. The van der Waals surface area contributed by atoms with Crippen molar-refractivity contribution in [1.29, 1.82) is 0 Å². The second-order valence-corrected chi connectivity index (χ2v) is 13.5. The van der Waals surface area contributed by atoms with Crippen LogP contribution in [0.25, 0.3) is 0 Å². The van der Waals surface area contributed by atoms with Crippen molar-refractivity contribution in [3.05, 3.63) is 54.6 Å². The van der Waals surface area contributed by atoms with Crippen molar-refractivity contribution >= 4 is 35.2 Å². The minimum Gasteiger partial charge on any atom is -0.396 e. The Hall–Kier alpha value is -2.58. The van der Waals surface area contributed by atoms with E-state index in [2.05, 4.69) is 20.1 Å². The van der Waals surface area contributed by atoms with Gasteiger partial charge in [0.25, 0.3) is 5.91 Å². The average molecular weight is 582 g/mol. The predicted molar refractivity (Wildman–Crippen MR) is 167 cm³/mol. The van der Waals surface area contributed by atoms with Gasteiger partial charge in [0.1, 0.15) is 6.04 Å². The summed E-state index contributed by atoms with van der Waals surface area (Å²) in [6, 6.07) is 5.42.